The molecule has 1 aromatic carbocycles. The topological polar surface area (TPSA) is 73.6 Å². The van der Waals surface area contributed by atoms with Crippen molar-refractivity contribution in [1.82, 2.24) is 5.32 Å². The molecule has 1 atom stereocenters. The average molecular weight is 266 g/mol. The molecule has 0 bridgehead atoms. The molecule has 1 aliphatic rings. The molecule has 0 aromatic heterocycles. The van der Waals surface area contributed by atoms with Crippen LogP contribution in [0.1, 0.15) is 12.8 Å². The van der Waals surface area contributed by atoms with Crippen molar-refractivity contribution in [2.24, 2.45) is 5.92 Å². The zero-order chi connectivity index (χ0) is 13.7. The van der Waals surface area contributed by atoms with Crippen LogP contribution in [0, 0.1) is 16.0 Å². The average Bonchev–Trinajstić information content (AvgIpc) is 2.45. The van der Waals surface area contributed by atoms with Crippen molar-refractivity contribution in [3.8, 4) is 11.5 Å². The number of ether oxygens (including phenoxy) is 2. The van der Waals surface area contributed by atoms with Crippen molar-refractivity contribution in [2.75, 3.05) is 26.8 Å². The third-order valence-corrected chi connectivity index (χ3v) is 3.24. The Hall–Kier alpha value is -1.82. The standard InChI is InChI=1S/C13H18N2O4/c1-18-11-5-2-6-12(13(11)15(16)17)19-9-10-4-3-7-14-8-10/h2,5-6,10,14H,3-4,7-9H2,1H3. The van der Waals surface area contributed by atoms with Crippen molar-refractivity contribution < 1.29 is 14.4 Å². The Bertz CT molecular complexity index is 444. The molecule has 1 aromatic rings. The highest BCUT2D eigenvalue weighted by Crippen LogP contribution is 2.36. The van der Waals surface area contributed by atoms with Crippen LogP contribution in [-0.2, 0) is 0 Å². The highest BCUT2D eigenvalue weighted by molar-refractivity contribution is 5.57. The maximum atomic E-state index is 11.1. The molecule has 1 saturated heterocycles. The van der Waals surface area contributed by atoms with Gasteiger partial charge in [0, 0.05) is 12.5 Å². The fourth-order valence-electron chi connectivity index (χ4n) is 2.24. The zero-order valence-corrected chi connectivity index (χ0v) is 10.9. The Kier molecular flexibility index (Phi) is 4.57. The maximum Gasteiger partial charge on any atom is 0.352 e. The van der Waals surface area contributed by atoms with Gasteiger partial charge in [0.05, 0.1) is 18.6 Å². The molecule has 1 unspecified atom stereocenters. The second kappa shape index (κ2) is 6.38. The van der Waals surface area contributed by atoms with E-state index in [4.69, 9.17) is 9.47 Å². The summed E-state index contributed by atoms with van der Waals surface area (Å²) < 4.78 is 10.6. The summed E-state index contributed by atoms with van der Waals surface area (Å²) in [5.41, 5.74) is -0.103. The molecule has 0 aliphatic carbocycles. The lowest BCUT2D eigenvalue weighted by atomic mass is 10.0. The van der Waals surface area contributed by atoms with E-state index >= 15 is 0 Å². The summed E-state index contributed by atoms with van der Waals surface area (Å²) in [7, 11) is 1.41. The number of nitro benzene ring substituents is 1. The number of para-hydroxylation sites is 1. The van der Waals surface area contributed by atoms with Crippen molar-refractivity contribution >= 4 is 5.69 Å². The van der Waals surface area contributed by atoms with E-state index in [2.05, 4.69) is 5.32 Å². The largest absolute Gasteiger partial charge is 0.490 e. The lowest BCUT2D eigenvalue weighted by Gasteiger charge is -2.22. The number of nitro groups is 1. The molecule has 19 heavy (non-hydrogen) atoms. The lowest BCUT2D eigenvalue weighted by Crippen LogP contribution is -2.33. The van der Waals surface area contributed by atoms with Crippen LogP contribution in [0.15, 0.2) is 18.2 Å². The summed E-state index contributed by atoms with van der Waals surface area (Å²) in [6.45, 7) is 2.43. The predicted molar refractivity (Wildman–Crippen MR) is 70.7 cm³/mol. The third-order valence-electron chi connectivity index (χ3n) is 3.24. The Balaban J connectivity index is 2.08. The second-order valence-electron chi connectivity index (χ2n) is 4.59. The number of hydrogen-bond acceptors (Lipinski definition) is 5. The highest BCUT2D eigenvalue weighted by Gasteiger charge is 2.23. The van der Waals surface area contributed by atoms with Crippen LogP contribution >= 0.6 is 0 Å². The van der Waals surface area contributed by atoms with Gasteiger partial charge in [-0.3, -0.25) is 10.1 Å². The summed E-state index contributed by atoms with van der Waals surface area (Å²) >= 11 is 0. The van der Waals surface area contributed by atoms with Crippen LogP contribution in [0.3, 0.4) is 0 Å². The van der Waals surface area contributed by atoms with Crippen LogP contribution in [0.2, 0.25) is 0 Å². The van der Waals surface area contributed by atoms with Gasteiger partial charge in [0.15, 0.2) is 0 Å². The van der Waals surface area contributed by atoms with E-state index in [-0.39, 0.29) is 17.2 Å². The lowest BCUT2D eigenvalue weighted by molar-refractivity contribution is -0.386. The summed E-state index contributed by atoms with van der Waals surface area (Å²) in [6.07, 6.45) is 2.21. The van der Waals surface area contributed by atoms with E-state index in [0.717, 1.165) is 25.9 Å². The van der Waals surface area contributed by atoms with Gasteiger partial charge in [0.1, 0.15) is 0 Å². The van der Waals surface area contributed by atoms with Crippen LogP contribution in [0.25, 0.3) is 0 Å². The van der Waals surface area contributed by atoms with E-state index in [9.17, 15) is 10.1 Å². The molecule has 1 fully saturated rings. The van der Waals surface area contributed by atoms with Crippen LogP contribution < -0.4 is 14.8 Å². The first kappa shape index (κ1) is 13.6. The molecule has 104 valence electrons. The van der Waals surface area contributed by atoms with E-state index in [0.29, 0.717) is 12.5 Å². The van der Waals surface area contributed by atoms with Crippen LogP contribution in [0.5, 0.6) is 11.5 Å². The maximum absolute atomic E-state index is 11.1. The quantitative estimate of drug-likeness (QED) is 0.651. The fraction of sp³-hybridized carbons (Fsp3) is 0.538. The second-order valence-corrected chi connectivity index (χ2v) is 4.59. The number of piperidine rings is 1. The number of nitrogens with zero attached hydrogens (tertiary/aromatic N) is 1. The Morgan fingerprint density at radius 2 is 2.26 bits per heavy atom. The monoisotopic (exact) mass is 266 g/mol. The fourth-order valence-corrected chi connectivity index (χ4v) is 2.24. The molecule has 6 heteroatoms. The number of nitrogens with one attached hydrogen (secondary N) is 1. The van der Waals surface area contributed by atoms with Gasteiger partial charge in [0.2, 0.25) is 11.5 Å². The number of benzene rings is 1. The molecule has 1 aliphatic heterocycles. The minimum absolute atomic E-state index is 0.103. The predicted octanol–water partition coefficient (Wildman–Crippen LogP) is 1.98. The van der Waals surface area contributed by atoms with Crippen molar-refractivity contribution in [3.05, 3.63) is 28.3 Å². The number of hydrogen-bond donors (Lipinski definition) is 1. The molecule has 6 nitrogen and oxygen atoms in total. The minimum atomic E-state index is -0.465. The highest BCUT2D eigenvalue weighted by atomic mass is 16.6. The van der Waals surface area contributed by atoms with Gasteiger partial charge < -0.3 is 14.8 Å². The summed E-state index contributed by atoms with van der Waals surface area (Å²) in [5.74, 6) is 0.902. The number of rotatable bonds is 5. The molecule has 0 spiro atoms. The molecule has 0 saturated carbocycles. The smallest absolute Gasteiger partial charge is 0.352 e. The molecule has 2 rings (SSSR count). The Morgan fingerprint density at radius 1 is 1.47 bits per heavy atom. The normalized spacial score (nSPS) is 18.9. The van der Waals surface area contributed by atoms with Crippen LogP contribution in [-0.4, -0.2) is 31.7 Å². The minimum Gasteiger partial charge on any atom is -0.490 e. The van der Waals surface area contributed by atoms with E-state index in [1.165, 1.54) is 7.11 Å². The van der Waals surface area contributed by atoms with Crippen molar-refractivity contribution in [1.29, 1.82) is 0 Å². The van der Waals surface area contributed by atoms with Gasteiger partial charge in [-0.25, -0.2) is 0 Å². The van der Waals surface area contributed by atoms with E-state index in [1.54, 1.807) is 18.2 Å². The van der Waals surface area contributed by atoms with E-state index < -0.39 is 4.92 Å². The summed E-state index contributed by atoms with van der Waals surface area (Å²) in [4.78, 5) is 10.6. The van der Waals surface area contributed by atoms with Gasteiger partial charge in [-0.15, -0.1) is 0 Å². The first-order valence-electron chi connectivity index (χ1n) is 6.37. The molecular weight excluding hydrogens is 248 g/mol. The summed E-state index contributed by atoms with van der Waals surface area (Å²) in [5, 5.41) is 14.4. The van der Waals surface area contributed by atoms with Crippen molar-refractivity contribution in [2.45, 2.75) is 12.8 Å². The van der Waals surface area contributed by atoms with E-state index in [1.807, 2.05) is 0 Å². The first-order valence-corrected chi connectivity index (χ1v) is 6.37. The van der Waals surface area contributed by atoms with Gasteiger partial charge in [0.25, 0.3) is 0 Å². The Labute approximate surface area is 111 Å². The van der Waals surface area contributed by atoms with Gasteiger partial charge in [-0.1, -0.05) is 6.07 Å². The third kappa shape index (κ3) is 3.35. The molecular formula is C13H18N2O4. The van der Waals surface area contributed by atoms with Gasteiger partial charge >= 0.3 is 5.69 Å². The first-order chi connectivity index (χ1) is 9.22. The SMILES string of the molecule is COc1cccc(OCC2CCCNC2)c1[N+](=O)[O-]. The number of methoxy groups -OCH3 is 1. The Morgan fingerprint density at radius 3 is 2.89 bits per heavy atom. The molecule has 0 amide bonds. The molecule has 0 radical (unpaired) electrons. The molecule has 1 N–H and O–H groups in total. The summed E-state index contributed by atoms with van der Waals surface area (Å²) in [6, 6.07) is 4.87. The van der Waals surface area contributed by atoms with Gasteiger partial charge in [-0.2, -0.15) is 0 Å². The van der Waals surface area contributed by atoms with Crippen molar-refractivity contribution in [3.63, 3.8) is 0 Å². The molecule has 1 heterocycles. The van der Waals surface area contributed by atoms with Crippen LogP contribution in [0.4, 0.5) is 5.69 Å². The van der Waals surface area contributed by atoms with Gasteiger partial charge in [-0.05, 0) is 31.5 Å². The zero-order valence-electron chi connectivity index (χ0n) is 10.9.